The van der Waals surface area contributed by atoms with Gasteiger partial charge in [-0.15, -0.1) is 0 Å². The standard InChI is InChI=1S/C17H31N3/c1-3-5-6-9-15(18-4-2)14-16-12-13-20(19-16)17-10-7-8-11-17/h12-13,15,17-18H,3-11,14H2,1-2H3. The molecular weight excluding hydrogens is 246 g/mol. The van der Waals surface area contributed by atoms with Crippen LogP contribution in [0.2, 0.25) is 0 Å². The Hall–Kier alpha value is -0.830. The van der Waals surface area contributed by atoms with Crippen molar-refractivity contribution in [2.75, 3.05) is 6.54 Å². The van der Waals surface area contributed by atoms with Gasteiger partial charge < -0.3 is 5.32 Å². The molecule has 1 saturated carbocycles. The fourth-order valence-corrected chi connectivity index (χ4v) is 3.32. The second-order valence-corrected chi connectivity index (χ2v) is 6.18. The van der Waals surface area contributed by atoms with Crippen LogP contribution in [0.3, 0.4) is 0 Å². The molecule has 0 bridgehead atoms. The molecule has 0 aliphatic heterocycles. The molecular formula is C17H31N3. The van der Waals surface area contributed by atoms with E-state index in [4.69, 9.17) is 5.10 Å². The minimum atomic E-state index is 0.596. The highest BCUT2D eigenvalue weighted by Gasteiger charge is 2.18. The van der Waals surface area contributed by atoms with E-state index in [-0.39, 0.29) is 0 Å². The first-order chi connectivity index (χ1) is 9.83. The maximum Gasteiger partial charge on any atom is 0.0640 e. The van der Waals surface area contributed by atoms with Gasteiger partial charge in [0.15, 0.2) is 0 Å². The highest BCUT2D eigenvalue weighted by atomic mass is 15.3. The summed E-state index contributed by atoms with van der Waals surface area (Å²) in [5.74, 6) is 0. The summed E-state index contributed by atoms with van der Waals surface area (Å²) < 4.78 is 2.22. The molecule has 0 spiro atoms. The summed E-state index contributed by atoms with van der Waals surface area (Å²) in [6, 6.07) is 3.49. The van der Waals surface area contributed by atoms with E-state index in [2.05, 4.69) is 36.1 Å². The number of aromatic nitrogens is 2. The largest absolute Gasteiger partial charge is 0.314 e. The predicted molar refractivity (Wildman–Crippen MR) is 85.0 cm³/mol. The van der Waals surface area contributed by atoms with Crippen molar-refractivity contribution < 1.29 is 0 Å². The molecule has 0 saturated heterocycles. The Morgan fingerprint density at radius 3 is 2.80 bits per heavy atom. The Kier molecular flexibility index (Phi) is 6.58. The Labute approximate surface area is 124 Å². The van der Waals surface area contributed by atoms with E-state index in [1.54, 1.807) is 0 Å². The minimum absolute atomic E-state index is 0.596. The van der Waals surface area contributed by atoms with E-state index in [0.29, 0.717) is 12.1 Å². The molecule has 0 radical (unpaired) electrons. The van der Waals surface area contributed by atoms with Crippen LogP contribution >= 0.6 is 0 Å². The lowest BCUT2D eigenvalue weighted by molar-refractivity contribution is 0.442. The SMILES string of the molecule is CCCCCC(Cc1ccn(C2CCCC2)n1)NCC. The van der Waals surface area contributed by atoms with Crippen molar-refractivity contribution in [3.63, 3.8) is 0 Å². The van der Waals surface area contributed by atoms with Crippen LogP contribution in [0.15, 0.2) is 12.3 Å². The first-order valence-corrected chi connectivity index (χ1v) is 8.61. The monoisotopic (exact) mass is 277 g/mol. The third kappa shape index (κ3) is 4.62. The van der Waals surface area contributed by atoms with Crippen LogP contribution in [-0.2, 0) is 6.42 Å². The summed E-state index contributed by atoms with van der Waals surface area (Å²) >= 11 is 0. The zero-order chi connectivity index (χ0) is 14.2. The lowest BCUT2D eigenvalue weighted by Crippen LogP contribution is -2.31. The van der Waals surface area contributed by atoms with Gasteiger partial charge in [0.05, 0.1) is 11.7 Å². The molecule has 2 rings (SSSR count). The highest BCUT2D eigenvalue weighted by Crippen LogP contribution is 2.28. The van der Waals surface area contributed by atoms with E-state index in [9.17, 15) is 0 Å². The molecule has 1 atom stereocenters. The normalized spacial score (nSPS) is 17.7. The summed E-state index contributed by atoms with van der Waals surface area (Å²) in [5.41, 5.74) is 1.26. The molecule has 0 amide bonds. The van der Waals surface area contributed by atoms with Gasteiger partial charge in [-0.2, -0.15) is 5.10 Å². The van der Waals surface area contributed by atoms with Crippen molar-refractivity contribution in [1.82, 2.24) is 15.1 Å². The van der Waals surface area contributed by atoms with Gasteiger partial charge in [0.25, 0.3) is 0 Å². The van der Waals surface area contributed by atoms with E-state index >= 15 is 0 Å². The summed E-state index contributed by atoms with van der Waals surface area (Å²) in [6.45, 7) is 5.52. The van der Waals surface area contributed by atoms with Gasteiger partial charge in [0, 0.05) is 18.7 Å². The molecule has 1 heterocycles. The highest BCUT2D eigenvalue weighted by molar-refractivity contribution is 5.02. The van der Waals surface area contributed by atoms with Gasteiger partial charge in [-0.25, -0.2) is 0 Å². The average Bonchev–Trinajstić information content (AvgIpc) is 3.09. The van der Waals surface area contributed by atoms with Crippen molar-refractivity contribution in [3.8, 4) is 0 Å². The van der Waals surface area contributed by atoms with Crippen molar-refractivity contribution in [2.45, 2.75) is 83.7 Å². The first-order valence-electron chi connectivity index (χ1n) is 8.61. The second-order valence-electron chi connectivity index (χ2n) is 6.18. The van der Waals surface area contributed by atoms with Crippen molar-refractivity contribution in [1.29, 1.82) is 0 Å². The fourth-order valence-electron chi connectivity index (χ4n) is 3.32. The fraction of sp³-hybridized carbons (Fsp3) is 0.824. The molecule has 0 aromatic carbocycles. The predicted octanol–water partition coefficient (Wildman–Crippen LogP) is 4.10. The van der Waals surface area contributed by atoms with E-state index in [1.165, 1.54) is 57.1 Å². The molecule has 20 heavy (non-hydrogen) atoms. The number of hydrogen-bond acceptors (Lipinski definition) is 2. The van der Waals surface area contributed by atoms with Crippen LogP contribution in [0.5, 0.6) is 0 Å². The van der Waals surface area contributed by atoms with Gasteiger partial charge in [0.2, 0.25) is 0 Å². The van der Waals surface area contributed by atoms with Crippen LogP contribution in [0.25, 0.3) is 0 Å². The lowest BCUT2D eigenvalue weighted by atomic mass is 10.0. The molecule has 114 valence electrons. The maximum absolute atomic E-state index is 4.82. The number of nitrogens with zero attached hydrogens (tertiary/aromatic N) is 2. The number of hydrogen-bond donors (Lipinski definition) is 1. The number of nitrogens with one attached hydrogen (secondary N) is 1. The molecule has 1 fully saturated rings. The van der Waals surface area contributed by atoms with Gasteiger partial charge in [-0.05, 0) is 31.9 Å². The maximum atomic E-state index is 4.82. The summed E-state index contributed by atoms with van der Waals surface area (Å²) in [6.07, 6.45) is 13.9. The second kappa shape index (κ2) is 8.46. The zero-order valence-electron chi connectivity index (χ0n) is 13.3. The van der Waals surface area contributed by atoms with Crippen LogP contribution in [-0.4, -0.2) is 22.4 Å². The molecule has 1 aromatic rings. The molecule has 1 aliphatic carbocycles. The molecule has 1 unspecified atom stereocenters. The third-order valence-corrected chi connectivity index (χ3v) is 4.47. The van der Waals surface area contributed by atoms with Gasteiger partial charge in [0.1, 0.15) is 0 Å². The quantitative estimate of drug-likeness (QED) is 0.689. The van der Waals surface area contributed by atoms with Gasteiger partial charge in [-0.3, -0.25) is 4.68 Å². The Morgan fingerprint density at radius 1 is 1.30 bits per heavy atom. The first kappa shape index (κ1) is 15.6. The molecule has 3 nitrogen and oxygen atoms in total. The van der Waals surface area contributed by atoms with Crippen molar-refractivity contribution in [2.24, 2.45) is 0 Å². The molecule has 3 heteroatoms. The van der Waals surface area contributed by atoms with Crippen LogP contribution in [0.4, 0.5) is 0 Å². The minimum Gasteiger partial charge on any atom is -0.314 e. The third-order valence-electron chi connectivity index (χ3n) is 4.47. The van der Waals surface area contributed by atoms with E-state index in [0.717, 1.165) is 13.0 Å². The van der Waals surface area contributed by atoms with E-state index in [1.807, 2.05) is 0 Å². The van der Waals surface area contributed by atoms with Crippen molar-refractivity contribution in [3.05, 3.63) is 18.0 Å². The van der Waals surface area contributed by atoms with Crippen LogP contribution in [0.1, 0.15) is 76.9 Å². The number of likely N-dealkylation sites (N-methyl/N-ethyl adjacent to an activating group) is 1. The summed E-state index contributed by atoms with van der Waals surface area (Å²) in [5, 5.41) is 8.44. The zero-order valence-corrected chi connectivity index (χ0v) is 13.3. The van der Waals surface area contributed by atoms with E-state index < -0.39 is 0 Å². The van der Waals surface area contributed by atoms with Crippen molar-refractivity contribution >= 4 is 0 Å². The van der Waals surface area contributed by atoms with Gasteiger partial charge in [-0.1, -0.05) is 46.0 Å². The smallest absolute Gasteiger partial charge is 0.0640 e. The van der Waals surface area contributed by atoms with Gasteiger partial charge >= 0.3 is 0 Å². The Morgan fingerprint density at radius 2 is 2.10 bits per heavy atom. The molecule has 1 N–H and O–H groups in total. The Balaban J connectivity index is 1.85. The van der Waals surface area contributed by atoms with Crippen LogP contribution < -0.4 is 5.32 Å². The Bertz CT molecular complexity index is 366. The summed E-state index contributed by atoms with van der Waals surface area (Å²) in [4.78, 5) is 0. The molecule has 1 aliphatic rings. The lowest BCUT2D eigenvalue weighted by Gasteiger charge is -2.16. The average molecular weight is 277 g/mol. The topological polar surface area (TPSA) is 29.9 Å². The summed E-state index contributed by atoms with van der Waals surface area (Å²) in [7, 11) is 0. The number of rotatable bonds is 9. The molecule has 1 aromatic heterocycles. The number of unbranched alkanes of at least 4 members (excludes halogenated alkanes) is 2. The van der Waals surface area contributed by atoms with Crippen LogP contribution in [0, 0.1) is 0 Å².